The fraction of sp³-hybridized carbons (Fsp3) is 0.103. The summed E-state index contributed by atoms with van der Waals surface area (Å²) in [6, 6.07) is 17.9. The lowest BCUT2D eigenvalue weighted by molar-refractivity contribution is 0.365. The number of rotatable bonds is 6. The Balaban J connectivity index is 1.75. The molecule has 3 nitrogen and oxygen atoms in total. The number of nitrogens with two attached hydrogens (primary N) is 2. The fourth-order valence-corrected chi connectivity index (χ4v) is 4.08. The Labute approximate surface area is 206 Å². The van der Waals surface area contributed by atoms with Crippen LogP contribution in [0.25, 0.3) is 6.08 Å². The molecular formula is C29H24F4N2O. The van der Waals surface area contributed by atoms with Gasteiger partial charge in [-0.15, -0.1) is 0 Å². The van der Waals surface area contributed by atoms with Gasteiger partial charge in [0.2, 0.25) is 17.4 Å². The molecule has 4 rings (SSSR count). The van der Waals surface area contributed by atoms with Crippen LogP contribution in [-0.2, 0) is 0 Å². The van der Waals surface area contributed by atoms with Crippen LogP contribution in [0.3, 0.4) is 0 Å². The lowest BCUT2D eigenvalue weighted by Crippen LogP contribution is -2.06. The average molecular weight is 493 g/mol. The highest BCUT2D eigenvalue weighted by Gasteiger charge is 2.26. The molecule has 0 aliphatic rings. The largest absolute Gasteiger partial charge is 0.451 e. The summed E-state index contributed by atoms with van der Waals surface area (Å²) in [5.41, 5.74) is 17.1. The van der Waals surface area contributed by atoms with Crippen LogP contribution in [0.2, 0.25) is 0 Å². The average Bonchev–Trinajstić information content (AvgIpc) is 2.86. The van der Waals surface area contributed by atoms with Gasteiger partial charge in [0.15, 0.2) is 11.6 Å². The molecule has 4 aromatic rings. The molecule has 0 aromatic heterocycles. The molecule has 0 atom stereocenters. The van der Waals surface area contributed by atoms with Crippen molar-refractivity contribution in [1.29, 1.82) is 0 Å². The molecule has 0 radical (unpaired) electrons. The maximum absolute atomic E-state index is 14.4. The van der Waals surface area contributed by atoms with Crippen molar-refractivity contribution in [1.82, 2.24) is 0 Å². The zero-order chi connectivity index (χ0) is 26.1. The first-order valence-corrected chi connectivity index (χ1v) is 11.1. The van der Waals surface area contributed by atoms with Crippen molar-refractivity contribution in [3.8, 4) is 11.5 Å². The van der Waals surface area contributed by atoms with Crippen molar-refractivity contribution in [3.05, 3.63) is 124 Å². The normalized spacial score (nSPS) is 11.1. The number of anilines is 2. The molecule has 4 N–H and O–H groups in total. The number of hydrogen-bond acceptors (Lipinski definition) is 3. The predicted molar refractivity (Wildman–Crippen MR) is 135 cm³/mol. The summed E-state index contributed by atoms with van der Waals surface area (Å²) in [6.07, 6.45) is 0.702. The van der Waals surface area contributed by atoms with Crippen LogP contribution in [0.1, 0.15) is 39.3 Å². The molecule has 0 amide bonds. The quantitative estimate of drug-likeness (QED) is 0.126. The molecule has 0 aliphatic heterocycles. The number of benzene rings is 4. The summed E-state index contributed by atoms with van der Waals surface area (Å²) >= 11 is 0. The first-order valence-electron chi connectivity index (χ1n) is 11.1. The van der Waals surface area contributed by atoms with E-state index in [1.807, 2.05) is 50.2 Å². The molecular weight excluding hydrogens is 468 g/mol. The Bertz CT molecular complexity index is 1390. The second kappa shape index (κ2) is 9.77. The number of aryl methyl sites for hydroxylation is 2. The van der Waals surface area contributed by atoms with Gasteiger partial charge < -0.3 is 16.2 Å². The van der Waals surface area contributed by atoms with Crippen molar-refractivity contribution in [2.24, 2.45) is 0 Å². The zero-order valence-electron chi connectivity index (χ0n) is 19.7. The summed E-state index contributed by atoms with van der Waals surface area (Å²) in [7, 11) is 0. The molecule has 0 heterocycles. The first-order chi connectivity index (χ1) is 17.1. The van der Waals surface area contributed by atoms with Gasteiger partial charge in [0, 0.05) is 17.3 Å². The van der Waals surface area contributed by atoms with E-state index in [2.05, 4.69) is 6.58 Å². The third kappa shape index (κ3) is 4.52. The van der Waals surface area contributed by atoms with Crippen molar-refractivity contribution < 1.29 is 22.3 Å². The number of ether oxygens (including phenoxy) is 1. The molecule has 0 unspecified atom stereocenters. The van der Waals surface area contributed by atoms with E-state index in [1.165, 1.54) is 12.1 Å². The van der Waals surface area contributed by atoms with Gasteiger partial charge in [-0.05, 0) is 65.9 Å². The lowest BCUT2D eigenvalue weighted by atomic mass is 9.83. The predicted octanol–water partition coefficient (Wildman–Crippen LogP) is 7.64. The van der Waals surface area contributed by atoms with E-state index < -0.39 is 34.6 Å². The summed E-state index contributed by atoms with van der Waals surface area (Å²) in [4.78, 5) is 0. The number of nitrogen functional groups attached to an aromatic ring is 2. The molecule has 0 fully saturated rings. The first kappa shape index (κ1) is 24.9. The van der Waals surface area contributed by atoms with Crippen LogP contribution in [0.15, 0.2) is 67.2 Å². The van der Waals surface area contributed by atoms with Gasteiger partial charge in [0.1, 0.15) is 5.75 Å². The van der Waals surface area contributed by atoms with Crippen molar-refractivity contribution >= 4 is 17.5 Å². The molecule has 0 spiro atoms. The van der Waals surface area contributed by atoms with E-state index >= 15 is 0 Å². The maximum Gasteiger partial charge on any atom is 0.205 e. The third-order valence-electron chi connectivity index (χ3n) is 6.15. The highest BCUT2D eigenvalue weighted by molar-refractivity contribution is 5.56. The molecule has 7 heteroatoms. The van der Waals surface area contributed by atoms with E-state index in [9.17, 15) is 17.6 Å². The van der Waals surface area contributed by atoms with E-state index in [0.717, 1.165) is 27.8 Å². The van der Waals surface area contributed by atoms with Crippen LogP contribution in [0, 0.1) is 37.1 Å². The summed E-state index contributed by atoms with van der Waals surface area (Å²) in [5.74, 6) is -7.81. The molecule has 4 aromatic carbocycles. The zero-order valence-corrected chi connectivity index (χ0v) is 19.7. The Morgan fingerprint density at radius 3 is 1.56 bits per heavy atom. The molecule has 36 heavy (non-hydrogen) atoms. The summed E-state index contributed by atoms with van der Waals surface area (Å²) < 4.78 is 62.2. The molecule has 0 saturated carbocycles. The fourth-order valence-electron chi connectivity index (χ4n) is 4.08. The van der Waals surface area contributed by atoms with Crippen LogP contribution < -0.4 is 16.2 Å². The van der Waals surface area contributed by atoms with Crippen molar-refractivity contribution in [3.63, 3.8) is 0 Å². The van der Waals surface area contributed by atoms with E-state index in [1.54, 1.807) is 12.1 Å². The van der Waals surface area contributed by atoms with E-state index in [4.69, 9.17) is 16.2 Å². The van der Waals surface area contributed by atoms with Crippen LogP contribution in [-0.4, -0.2) is 0 Å². The Hall–Kier alpha value is -4.26. The Kier molecular flexibility index (Phi) is 6.75. The number of halogens is 4. The minimum Gasteiger partial charge on any atom is -0.451 e. The lowest BCUT2D eigenvalue weighted by Gasteiger charge is -2.21. The van der Waals surface area contributed by atoms with Gasteiger partial charge in [-0.1, -0.05) is 49.1 Å². The molecule has 0 aliphatic carbocycles. The van der Waals surface area contributed by atoms with Gasteiger partial charge in [-0.25, -0.2) is 8.78 Å². The smallest absolute Gasteiger partial charge is 0.205 e. The van der Waals surface area contributed by atoms with Gasteiger partial charge in [0.25, 0.3) is 0 Å². The van der Waals surface area contributed by atoms with E-state index in [0.29, 0.717) is 17.5 Å². The Morgan fingerprint density at radius 2 is 1.14 bits per heavy atom. The van der Waals surface area contributed by atoms with Gasteiger partial charge >= 0.3 is 0 Å². The molecule has 0 bridgehead atoms. The SMILES string of the molecule is C=Cc1c(F)c(F)c(Oc2ccc(C(c3ccc(N)c(C)c3)c3ccc(N)c(C)c3)cc2)c(F)c1F. The van der Waals surface area contributed by atoms with Crippen LogP contribution in [0.5, 0.6) is 11.5 Å². The minimum atomic E-state index is -1.64. The second-order valence-corrected chi connectivity index (χ2v) is 8.54. The Morgan fingerprint density at radius 1 is 0.694 bits per heavy atom. The summed E-state index contributed by atoms with van der Waals surface area (Å²) in [5, 5.41) is 0. The van der Waals surface area contributed by atoms with Crippen molar-refractivity contribution in [2.75, 3.05) is 11.5 Å². The second-order valence-electron chi connectivity index (χ2n) is 8.54. The molecule has 0 saturated heterocycles. The topological polar surface area (TPSA) is 61.3 Å². The standard InChI is InChI=1S/C29H24F4N2O/c1-4-21-25(30)27(32)29(28(33)26(21)31)36-20-9-5-17(6-10-20)24(18-7-11-22(34)15(2)13-18)19-8-12-23(35)16(3)14-19/h4-14,24H,1,34-35H2,2-3H3. The monoisotopic (exact) mass is 492 g/mol. The maximum atomic E-state index is 14.4. The van der Waals surface area contributed by atoms with Gasteiger partial charge in [-0.2, -0.15) is 8.78 Å². The minimum absolute atomic E-state index is 0.00225. The van der Waals surface area contributed by atoms with Gasteiger partial charge in [-0.3, -0.25) is 0 Å². The van der Waals surface area contributed by atoms with Crippen LogP contribution in [0.4, 0.5) is 28.9 Å². The summed E-state index contributed by atoms with van der Waals surface area (Å²) in [6.45, 7) is 7.01. The molecule has 184 valence electrons. The van der Waals surface area contributed by atoms with E-state index in [-0.39, 0.29) is 11.7 Å². The van der Waals surface area contributed by atoms with Gasteiger partial charge in [0.05, 0.1) is 5.56 Å². The van der Waals surface area contributed by atoms with Crippen LogP contribution >= 0.6 is 0 Å². The highest BCUT2D eigenvalue weighted by Crippen LogP contribution is 2.37. The highest BCUT2D eigenvalue weighted by atomic mass is 19.2. The number of hydrogen-bond donors (Lipinski definition) is 2. The van der Waals surface area contributed by atoms with Crippen molar-refractivity contribution in [2.45, 2.75) is 19.8 Å². The third-order valence-corrected chi connectivity index (χ3v) is 6.15.